The van der Waals surface area contributed by atoms with Gasteiger partial charge in [0.25, 0.3) is 0 Å². The third-order valence-corrected chi connectivity index (χ3v) is 4.53. The van der Waals surface area contributed by atoms with Crippen LogP contribution in [0.4, 0.5) is 0 Å². The summed E-state index contributed by atoms with van der Waals surface area (Å²) in [4.78, 5) is 12.0. The Morgan fingerprint density at radius 3 is 2.88 bits per heavy atom. The predicted octanol–water partition coefficient (Wildman–Crippen LogP) is 4.10. The second kappa shape index (κ2) is 4.77. The molecule has 1 aliphatic carbocycles. The molecule has 0 amide bonds. The maximum Gasteiger partial charge on any atom is 0.149 e. The molecule has 0 aromatic heterocycles. The monoisotopic (exact) mass is 312 g/mol. The molecule has 0 saturated heterocycles. The van der Waals surface area contributed by atoms with Gasteiger partial charge in [-0.1, -0.05) is 35.8 Å². The number of hydrogen-bond acceptors (Lipinski definition) is 2. The molecule has 0 heterocycles. The van der Waals surface area contributed by atoms with E-state index in [1.165, 1.54) is 11.1 Å². The second-order valence-corrected chi connectivity index (χ2v) is 6.56. The van der Waals surface area contributed by atoms with Crippen LogP contribution in [0, 0.1) is 0 Å². The molecule has 1 atom stereocenters. The van der Waals surface area contributed by atoms with Gasteiger partial charge in [-0.05, 0) is 41.5 Å². The highest BCUT2D eigenvalue weighted by Gasteiger charge is 2.35. The van der Waals surface area contributed by atoms with E-state index in [-0.39, 0.29) is 17.1 Å². The lowest BCUT2D eigenvalue weighted by molar-refractivity contribution is -0.118. The number of thiol groups is 1. The van der Waals surface area contributed by atoms with Crippen molar-refractivity contribution in [3.8, 4) is 0 Å². The van der Waals surface area contributed by atoms with Crippen LogP contribution in [0.5, 0.6) is 0 Å². The summed E-state index contributed by atoms with van der Waals surface area (Å²) in [5, 5.41) is 0. The number of ketones is 1. The number of rotatable bonds is 2. The topological polar surface area (TPSA) is 17.1 Å². The minimum atomic E-state index is 0.0352. The summed E-state index contributed by atoms with van der Waals surface area (Å²) in [5.74, 6) is 0.605. The van der Waals surface area contributed by atoms with Crippen LogP contribution in [0.2, 0.25) is 0 Å². The third kappa shape index (κ3) is 2.45. The maximum absolute atomic E-state index is 12.0. The van der Waals surface area contributed by atoms with Gasteiger partial charge in [0.1, 0.15) is 5.78 Å². The minimum absolute atomic E-state index is 0.0352. The van der Waals surface area contributed by atoms with Crippen molar-refractivity contribution < 1.29 is 4.79 Å². The van der Waals surface area contributed by atoms with Gasteiger partial charge in [-0.25, -0.2) is 0 Å². The highest BCUT2D eigenvalue weighted by Crippen LogP contribution is 2.43. The Kier molecular flexibility index (Phi) is 3.69. The number of carbonyl (C=O) groups excluding carboxylic acids is 1. The number of carbonyl (C=O) groups is 1. The Balaban J connectivity index is 2.53. The number of benzene rings is 1. The van der Waals surface area contributed by atoms with Crippen LogP contribution in [0.3, 0.4) is 0 Å². The average molecular weight is 313 g/mol. The molecular formula is C14H17BrOS. The van der Waals surface area contributed by atoms with E-state index >= 15 is 0 Å². The second-order valence-electron chi connectivity index (χ2n) is 5.33. The van der Waals surface area contributed by atoms with Crippen molar-refractivity contribution >= 4 is 34.3 Å². The van der Waals surface area contributed by atoms with Crippen molar-refractivity contribution in [2.75, 3.05) is 5.75 Å². The van der Waals surface area contributed by atoms with Crippen molar-refractivity contribution in [2.24, 2.45) is 0 Å². The predicted molar refractivity (Wildman–Crippen MR) is 78.0 cm³/mol. The van der Waals surface area contributed by atoms with E-state index in [1.54, 1.807) is 0 Å². The molecule has 3 heteroatoms. The molecule has 0 N–H and O–H groups in total. The standard InChI is InChI=1S/C14H17BrOS/c1-14(2)6-5-10(13(16)8-17)11-7-9(15)3-4-12(11)14/h3-4,7,10,17H,5-6,8H2,1-2H3. The molecule has 0 spiro atoms. The van der Waals surface area contributed by atoms with E-state index in [1.807, 2.05) is 0 Å². The fourth-order valence-corrected chi connectivity index (χ4v) is 3.28. The van der Waals surface area contributed by atoms with E-state index < -0.39 is 0 Å². The third-order valence-electron chi connectivity index (χ3n) is 3.72. The largest absolute Gasteiger partial charge is 0.298 e. The van der Waals surface area contributed by atoms with Gasteiger partial charge in [0.2, 0.25) is 0 Å². The van der Waals surface area contributed by atoms with Crippen molar-refractivity contribution in [3.63, 3.8) is 0 Å². The molecule has 0 fully saturated rings. The average Bonchev–Trinajstić information content (AvgIpc) is 2.27. The van der Waals surface area contributed by atoms with Gasteiger partial charge in [-0.15, -0.1) is 0 Å². The van der Waals surface area contributed by atoms with E-state index in [4.69, 9.17) is 0 Å². The van der Waals surface area contributed by atoms with Gasteiger partial charge >= 0.3 is 0 Å². The SMILES string of the molecule is CC1(C)CCC(C(=O)CS)c2cc(Br)ccc21. The summed E-state index contributed by atoms with van der Waals surface area (Å²) >= 11 is 7.62. The lowest BCUT2D eigenvalue weighted by Crippen LogP contribution is -2.29. The number of Topliss-reactive ketones (excluding diaryl/α,β-unsaturated/α-hetero) is 1. The lowest BCUT2D eigenvalue weighted by atomic mass is 9.68. The number of halogens is 1. The summed E-state index contributed by atoms with van der Waals surface area (Å²) in [6.07, 6.45) is 2.00. The molecule has 1 unspecified atom stereocenters. The molecule has 0 saturated carbocycles. The molecule has 2 rings (SSSR count). The van der Waals surface area contributed by atoms with Gasteiger partial charge in [-0.3, -0.25) is 4.79 Å². The molecule has 0 bridgehead atoms. The molecule has 1 aliphatic rings. The highest BCUT2D eigenvalue weighted by atomic mass is 79.9. The zero-order valence-corrected chi connectivity index (χ0v) is 12.6. The van der Waals surface area contributed by atoms with Crippen molar-refractivity contribution in [2.45, 2.75) is 38.0 Å². The van der Waals surface area contributed by atoms with E-state index in [2.05, 4.69) is 60.6 Å². The summed E-state index contributed by atoms with van der Waals surface area (Å²) in [7, 11) is 0. The Morgan fingerprint density at radius 1 is 1.53 bits per heavy atom. The summed E-state index contributed by atoms with van der Waals surface area (Å²) in [5.41, 5.74) is 2.67. The van der Waals surface area contributed by atoms with Crippen LogP contribution in [0.1, 0.15) is 43.7 Å². The lowest BCUT2D eigenvalue weighted by Gasteiger charge is -2.36. The van der Waals surface area contributed by atoms with Crippen LogP contribution >= 0.6 is 28.6 Å². The molecule has 17 heavy (non-hydrogen) atoms. The van der Waals surface area contributed by atoms with Crippen LogP contribution in [-0.2, 0) is 10.2 Å². The molecule has 0 aliphatic heterocycles. The van der Waals surface area contributed by atoms with E-state index in [0.29, 0.717) is 5.75 Å². The van der Waals surface area contributed by atoms with Crippen molar-refractivity contribution in [3.05, 3.63) is 33.8 Å². The normalized spacial score (nSPS) is 22.0. The first kappa shape index (κ1) is 13.2. The van der Waals surface area contributed by atoms with Crippen LogP contribution in [0.25, 0.3) is 0 Å². The zero-order chi connectivity index (χ0) is 12.6. The Hall–Kier alpha value is -0.280. The molecular weight excluding hydrogens is 296 g/mol. The molecule has 0 radical (unpaired) electrons. The van der Waals surface area contributed by atoms with Gasteiger partial charge in [0.05, 0.1) is 0 Å². The van der Waals surface area contributed by atoms with Gasteiger partial charge in [0.15, 0.2) is 0 Å². The van der Waals surface area contributed by atoms with Gasteiger partial charge < -0.3 is 0 Å². The van der Waals surface area contributed by atoms with Gasteiger partial charge in [-0.2, -0.15) is 12.6 Å². The molecule has 92 valence electrons. The fourth-order valence-electron chi connectivity index (χ4n) is 2.68. The summed E-state index contributed by atoms with van der Waals surface area (Å²) in [6.45, 7) is 4.50. The molecule has 1 aromatic rings. The Bertz CT molecular complexity index is 454. The zero-order valence-electron chi connectivity index (χ0n) is 10.2. The van der Waals surface area contributed by atoms with Crippen LogP contribution < -0.4 is 0 Å². The van der Waals surface area contributed by atoms with Crippen LogP contribution in [0.15, 0.2) is 22.7 Å². The maximum atomic E-state index is 12.0. The Labute approximate surface area is 117 Å². The van der Waals surface area contributed by atoms with Crippen LogP contribution in [-0.4, -0.2) is 11.5 Å². The highest BCUT2D eigenvalue weighted by molar-refractivity contribution is 9.10. The quantitative estimate of drug-likeness (QED) is 0.813. The smallest absolute Gasteiger partial charge is 0.149 e. The summed E-state index contributed by atoms with van der Waals surface area (Å²) in [6, 6.07) is 6.31. The summed E-state index contributed by atoms with van der Waals surface area (Å²) < 4.78 is 1.05. The molecule has 1 aromatic carbocycles. The van der Waals surface area contributed by atoms with E-state index in [0.717, 1.165) is 17.3 Å². The first-order valence-corrected chi connectivity index (χ1v) is 7.32. The number of hydrogen-bond donors (Lipinski definition) is 1. The minimum Gasteiger partial charge on any atom is -0.298 e. The van der Waals surface area contributed by atoms with E-state index in [9.17, 15) is 4.79 Å². The van der Waals surface area contributed by atoms with Gasteiger partial charge in [0, 0.05) is 16.1 Å². The Morgan fingerprint density at radius 2 is 2.24 bits per heavy atom. The fraction of sp³-hybridized carbons (Fsp3) is 0.500. The van der Waals surface area contributed by atoms with Crippen molar-refractivity contribution in [1.29, 1.82) is 0 Å². The molecule has 1 nitrogen and oxygen atoms in total. The first-order valence-electron chi connectivity index (χ1n) is 5.89. The first-order chi connectivity index (χ1) is 7.95. The number of fused-ring (bicyclic) bond motifs is 1. The van der Waals surface area contributed by atoms with Crippen molar-refractivity contribution in [1.82, 2.24) is 0 Å².